The molecule has 3 nitrogen and oxygen atoms in total. The normalized spacial score (nSPS) is 20.6. The molecule has 1 saturated heterocycles. The second kappa shape index (κ2) is 6.32. The van der Waals surface area contributed by atoms with Crippen LogP contribution in [0.1, 0.15) is 12.5 Å². The van der Waals surface area contributed by atoms with Crippen LogP contribution in [0.15, 0.2) is 30.3 Å². The third-order valence-corrected chi connectivity index (χ3v) is 3.71. The molecule has 0 bridgehead atoms. The average molecular weight is 248 g/mol. The second-order valence-corrected chi connectivity index (χ2v) is 5.35. The number of hydrogen-bond acceptors (Lipinski definition) is 3. The molecule has 1 aliphatic heterocycles. The minimum absolute atomic E-state index is 0.160. The Morgan fingerprint density at radius 3 is 2.50 bits per heavy atom. The maximum absolute atomic E-state index is 5.42. The highest BCUT2D eigenvalue weighted by atomic mass is 16.5. The van der Waals surface area contributed by atoms with Crippen molar-refractivity contribution < 1.29 is 4.74 Å². The van der Waals surface area contributed by atoms with Gasteiger partial charge >= 0.3 is 0 Å². The standard InChI is InChI=1S/C15H24N2O/c1-15(12-16-2,14-6-4-3-5-7-14)13-17-8-10-18-11-9-17/h3-7,16H,8-13H2,1-2H3. The molecule has 0 amide bonds. The third-order valence-electron chi connectivity index (χ3n) is 3.71. The van der Waals surface area contributed by atoms with Crippen LogP contribution in [-0.4, -0.2) is 51.3 Å². The van der Waals surface area contributed by atoms with Crippen LogP contribution < -0.4 is 5.32 Å². The van der Waals surface area contributed by atoms with Gasteiger partial charge in [-0.15, -0.1) is 0 Å². The lowest BCUT2D eigenvalue weighted by Crippen LogP contribution is -2.48. The first kappa shape index (κ1) is 13.5. The van der Waals surface area contributed by atoms with E-state index in [2.05, 4.69) is 47.5 Å². The molecule has 1 aromatic rings. The van der Waals surface area contributed by atoms with E-state index in [4.69, 9.17) is 4.74 Å². The Balaban J connectivity index is 2.10. The molecule has 18 heavy (non-hydrogen) atoms. The van der Waals surface area contributed by atoms with Crippen molar-refractivity contribution >= 4 is 0 Å². The van der Waals surface area contributed by atoms with E-state index in [9.17, 15) is 0 Å². The zero-order chi connectivity index (χ0) is 12.8. The fourth-order valence-electron chi connectivity index (χ4n) is 2.73. The van der Waals surface area contributed by atoms with E-state index in [0.29, 0.717) is 0 Å². The predicted octanol–water partition coefficient (Wildman–Crippen LogP) is 1.50. The topological polar surface area (TPSA) is 24.5 Å². The zero-order valence-corrected chi connectivity index (χ0v) is 11.5. The number of hydrogen-bond donors (Lipinski definition) is 1. The van der Waals surface area contributed by atoms with E-state index >= 15 is 0 Å². The highest BCUT2D eigenvalue weighted by Crippen LogP contribution is 2.24. The van der Waals surface area contributed by atoms with Gasteiger partial charge in [0.2, 0.25) is 0 Å². The van der Waals surface area contributed by atoms with Crippen LogP contribution in [0.2, 0.25) is 0 Å². The smallest absolute Gasteiger partial charge is 0.0594 e. The molecule has 2 rings (SSSR count). The molecular weight excluding hydrogens is 224 g/mol. The summed E-state index contributed by atoms with van der Waals surface area (Å²) in [6.45, 7) is 8.25. The van der Waals surface area contributed by atoms with E-state index < -0.39 is 0 Å². The maximum Gasteiger partial charge on any atom is 0.0594 e. The minimum atomic E-state index is 0.160. The van der Waals surface area contributed by atoms with E-state index in [1.165, 1.54) is 5.56 Å². The van der Waals surface area contributed by atoms with E-state index in [0.717, 1.165) is 39.4 Å². The number of benzene rings is 1. The first-order valence-electron chi connectivity index (χ1n) is 6.75. The summed E-state index contributed by atoms with van der Waals surface area (Å²) in [7, 11) is 2.03. The molecule has 0 aliphatic carbocycles. The Kier molecular flexibility index (Phi) is 4.75. The van der Waals surface area contributed by atoms with Crippen LogP contribution in [0.5, 0.6) is 0 Å². The number of likely N-dealkylation sites (N-methyl/N-ethyl adjacent to an activating group) is 1. The lowest BCUT2D eigenvalue weighted by atomic mass is 9.81. The Bertz CT molecular complexity index is 349. The van der Waals surface area contributed by atoms with Gasteiger partial charge < -0.3 is 10.1 Å². The Morgan fingerprint density at radius 1 is 1.22 bits per heavy atom. The summed E-state index contributed by atoms with van der Waals surface area (Å²) >= 11 is 0. The summed E-state index contributed by atoms with van der Waals surface area (Å²) in [5.41, 5.74) is 1.57. The van der Waals surface area contributed by atoms with Crippen molar-refractivity contribution in [1.82, 2.24) is 10.2 Å². The van der Waals surface area contributed by atoms with E-state index in [1.807, 2.05) is 7.05 Å². The van der Waals surface area contributed by atoms with Crippen molar-refractivity contribution in [3.8, 4) is 0 Å². The largest absolute Gasteiger partial charge is 0.379 e. The number of ether oxygens (including phenoxy) is 1. The van der Waals surface area contributed by atoms with Crippen LogP contribution in [0.25, 0.3) is 0 Å². The molecule has 0 saturated carbocycles. The Morgan fingerprint density at radius 2 is 1.89 bits per heavy atom. The van der Waals surface area contributed by atoms with Crippen molar-refractivity contribution in [2.24, 2.45) is 0 Å². The summed E-state index contributed by atoms with van der Waals surface area (Å²) < 4.78 is 5.42. The van der Waals surface area contributed by atoms with E-state index in [1.54, 1.807) is 0 Å². The van der Waals surface area contributed by atoms with Gasteiger partial charge in [-0.3, -0.25) is 4.90 Å². The number of nitrogens with zero attached hydrogens (tertiary/aromatic N) is 1. The van der Waals surface area contributed by atoms with Gasteiger partial charge in [-0.1, -0.05) is 37.3 Å². The maximum atomic E-state index is 5.42. The molecule has 0 aromatic heterocycles. The van der Waals surface area contributed by atoms with Crippen LogP contribution in [0, 0.1) is 0 Å². The van der Waals surface area contributed by atoms with Gasteiger partial charge in [-0.25, -0.2) is 0 Å². The lowest BCUT2D eigenvalue weighted by molar-refractivity contribution is 0.0282. The van der Waals surface area contributed by atoms with Gasteiger partial charge in [0.1, 0.15) is 0 Å². The summed E-state index contributed by atoms with van der Waals surface area (Å²) in [6.07, 6.45) is 0. The van der Waals surface area contributed by atoms with Crippen molar-refractivity contribution in [3.63, 3.8) is 0 Å². The summed E-state index contributed by atoms with van der Waals surface area (Å²) in [6, 6.07) is 10.8. The van der Waals surface area contributed by atoms with Crippen molar-refractivity contribution in [2.75, 3.05) is 46.4 Å². The molecule has 3 heteroatoms. The summed E-state index contributed by atoms with van der Waals surface area (Å²) in [4.78, 5) is 2.51. The highest BCUT2D eigenvalue weighted by Gasteiger charge is 2.29. The molecule has 1 unspecified atom stereocenters. The Hall–Kier alpha value is -0.900. The SMILES string of the molecule is CNCC(C)(CN1CCOCC1)c1ccccc1. The molecule has 1 N–H and O–H groups in total. The monoisotopic (exact) mass is 248 g/mol. The van der Waals surface area contributed by atoms with Gasteiger partial charge in [-0.05, 0) is 12.6 Å². The second-order valence-electron chi connectivity index (χ2n) is 5.35. The van der Waals surface area contributed by atoms with Crippen LogP contribution in [0.4, 0.5) is 0 Å². The van der Waals surface area contributed by atoms with Crippen LogP contribution in [-0.2, 0) is 10.2 Å². The van der Waals surface area contributed by atoms with Crippen LogP contribution in [0.3, 0.4) is 0 Å². The Labute approximate surface area is 110 Å². The molecule has 100 valence electrons. The van der Waals surface area contributed by atoms with Gasteiger partial charge in [-0.2, -0.15) is 0 Å². The molecule has 1 fully saturated rings. The zero-order valence-electron chi connectivity index (χ0n) is 11.5. The molecule has 0 radical (unpaired) electrons. The van der Waals surface area contributed by atoms with Crippen molar-refractivity contribution in [1.29, 1.82) is 0 Å². The summed E-state index contributed by atoms with van der Waals surface area (Å²) in [5.74, 6) is 0. The quantitative estimate of drug-likeness (QED) is 0.854. The lowest BCUT2D eigenvalue weighted by Gasteiger charge is -2.37. The third kappa shape index (κ3) is 3.31. The van der Waals surface area contributed by atoms with Crippen molar-refractivity contribution in [3.05, 3.63) is 35.9 Å². The number of nitrogens with one attached hydrogen (secondary N) is 1. The van der Waals surface area contributed by atoms with Gasteiger partial charge in [0.25, 0.3) is 0 Å². The molecule has 1 heterocycles. The van der Waals surface area contributed by atoms with Crippen molar-refractivity contribution in [2.45, 2.75) is 12.3 Å². The molecular formula is C15H24N2O. The van der Waals surface area contributed by atoms with Gasteiger partial charge in [0.15, 0.2) is 0 Å². The molecule has 0 spiro atoms. The summed E-state index contributed by atoms with van der Waals surface area (Å²) in [5, 5.41) is 3.34. The fourth-order valence-corrected chi connectivity index (χ4v) is 2.73. The molecule has 1 atom stereocenters. The predicted molar refractivity (Wildman–Crippen MR) is 75.0 cm³/mol. The molecule has 1 aliphatic rings. The van der Waals surface area contributed by atoms with Gasteiger partial charge in [0.05, 0.1) is 13.2 Å². The first-order chi connectivity index (χ1) is 8.74. The van der Waals surface area contributed by atoms with Crippen LogP contribution >= 0.6 is 0 Å². The fraction of sp³-hybridized carbons (Fsp3) is 0.600. The minimum Gasteiger partial charge on any atom is -0.379 e. The highest BCUT2D eigenvalue weighted by molar-refractivity contribution is 5.25. The number of rotatable bonds is 5. The first-order valence-corrected chi connectivity index (χ1v) is 6.75. The average Bonchev–Trinajstić information content (AvgIpc) is 2.41. The molecule has 1 aromatic carbocycles. The van der Waals surface area contributed by atoms with E-state index in [-0.39, 0.29) is 5.41 Å². The van der Waals surface area contributed by atoms with Gasteiger partial charge in [0, 0.05) is 31.6 Å². The number of morpholine rings is 1.